The first-order chi connectivity index (χ1) is 6.63. The van der Waals surface area contributed by atoms with Gasteiger partial charge in [0.2, 0.25) is 0 Å². The van der Waals surface area contributed by atoms with Crippen LogP contribution in [0.1, 0.15) is 20.8 Å². The number of carbonyl (C=O) groups excluding carboxylic acids is 1. The molecule has 80 valence electrons. The van der Waals surface area contributed by atoms with Crippen LogP contribution in [-0.4, -0.2) is 29.2 Å². The van der Waals surface area contributed by atoms with Crippen molar-refractivity contribution in [2.45, 2.75) is 32.3 Å². The Bertz CT molecular complexity index is 245. The number of thioether (sulfide) groups is 1. The average molecular weight is 218 g/mol. The highest BCUT2D eigenvalue weighted by molar-refractivity contribution is 8.14. The maximum Gasteiger partial charge on any atom is 0.433 e. The van der Waals surface area contributed by atoms with Crippen LogP contribution in [0.4, 0.5) is 4.79 Å². The van der Waals surface area contributed by atoms with E-state index in [2.05, 4.69) is 15.3 Å². The Labute approximate surface area is 87.2 Å². The van der Waals surface area contributed by atoms with Gasteiger partial charge in [0.05, 0.1) is 0 Å². The molecular weight excluding hydrogens is 204 g/mol. The third-order valence-corrected chi connectivity index (χ3v) is 2.66. The number of nitrogens with one attached hydrogen (secondary N) is 1. The summed E-state index contributed by atoms with van der Waals surface area (Å²) in [5, 5.41) is 6.89. The predicted molar refractivity (Wildman–Crippen MR) is 55.2 cm³/mol. The molecular formula is C8H14N2O3S. The molecule has 0 aromatic heterocycles. The van der Waals surface area contributed by atoms with Crippen LogP contribution in [0, 0.1) is 0 Å². The lowest BCUT2D eigenvalue weighted by molar-refractivity contribution is 0.107. The summed E-state index contributed by atoms with van der Waals surface area (Å²) in [6.07, 6.45) is -0.628. The highest BCUT2D eigenvalue weighted by atomic mass is 32.2. The SMILES string of the molecule is CCNC(=O)O/N=C1\S[C@@H](C)O[C@@H]1C. The second-order valence-corrected chi connectivity index (χ2v) is 4.12. The lowest BCUT2D eigenvalue weighted by Gasteiger charge is -2.01. The summed E-state index contributed by atoms with van der Waals surface area (Å²) in [7, 11) is 0. The van der Waals surface area contributed by atoms with Crippen molar-refractivity contribution < 1.29 is 14.4 Å². The normalized spacial score (nSPS) is 29.2. The van der Waals surface area contributed by atoms with E-state index in [0.717, 1.165) is 0 Å². The Morgan fingerprint density at radius 1 is 1.71 bits per heavy atom. The van der Waals surface area contributed by atoms with Crippen LogP contribution in [0.3, 0.4) is 0 Å². The van der Waals surface area contributed by atoms with E-state index in [1.54, 1.807) is 0 Å². The van der Waals surface area contributed by atoms with Gasteiger partial charge in [0.1, 0.15) is 16.6 Å². The number of amides is 1. The molecule has 0 aromatic carbocycles. The van der Waals surface area contributed by atoms with E-state index in [1.165, 1.54) is 11.8 Å². The van der Waals surface area contributed by atoms with Gasteiger partial charge in [0.25, 0.3) is 0 Å². The number of rotatable bonds is 2. The molecule has 6 heteroatoms. The molecule has 5 nitrogen and oxygen atoms in total. The molecule has 0 spiro atoms. The first kappa shape index (κ1) is 11.3. The van der Waals surface area contributed by atoms with Crippen LogP contribution >= 0.6 is 11.8 Å². The molecule has 0 unspecified atom stereocenters. The van der Waals surface area contributed by atoms with Gasteiger partial charge in [0, 0.05) is 6.54 Å². The summed E-state index contributed by atoms with van der Waals surface area (Å²) in [6.45, 7) is 6.14. The highest BCUT2D eigenvalue weighted by Gasteiger charge is 2.26. The Morgan fingerprint density at radius 2 is 2.43 bits per heavy atom. The molecule has 1 rings (SSSR count). The largest absolute Gasteiger partial charge is 0.433 e. The van der Waals surface area contributed by atoms with Gasteiger partial charge < -0.3 is 10.1 Å². The van der Waals surface area contributed by atoms with Crippen LogP contribution < -0.4 is 5.32 Å². The van der Waals surface area contributed by atoms with Crippen LogP contribution in [-0.2, 0) is 9.57 Å². The lowest BCUT2D eigenvalue weighted by Crippen LogP contribution is -2.22. The Hall–Kier alpha value is -0.750. The topological polar surface area (TPSA) is 59.9 Å². The van der Waals surface area contributed by atoms with Crippen molar-refractivity contribution in [3.8, 4) is 0 Å². The standard InChI is InChI=1S/C8H14N2O3S/c1-4-9-8(11)13-10-7-5(2)12-6(3)14-7/h5-6H,4H2,1-3H3,(H,9,11)/b10-7-/t5-,6+/m1/s1. The molecule has 0 aliphatic carbocycles. The molecule has 1 aliphatic heterocycles. The average Bonchev–Trinajstić information content (AvgIpc) is 2.42. The zero-order valence-corrected chi connectivity index (χ0v) is 9.26. The van der Waals surface area contributed by atoms with Crippen LogP contribution in [0.25, 0.3) is 0 Å². The molecule has 1 amide bonds. The zero-order chi connectivity index (χ0) is 10.6. The molecule has 1 saturated heterocycles. The maximum absolute atomic E-state index is 10.9. The van der Waals surface area contributed by atoms with Gasteiger partial charge in [-0.2, -0.15) is 0 Å². The van der Waals surface area contributed by atoms with E-state index in [4.69, 9.17) is 4.74 Å². The molecule has 1 heterocycles. The minimum atomic E-state index is -0.535. The monoisotopic (exact) mass is 218 g/mol. The minimum Gasteiger partial charge on any atom is -0.358 e. The summed E-state index contributed by atoms with van der Waals surface area (Å²) in [6, 6.07) is 0. The van der Waals surface area contributed by atoms with Crippen molar-refractivity contribution in [2.24, 2.45) is 5.16 Å². The van der Waals surface area contributed by atoms with Crippen molar-refractivity contribution >= 4 is 22.9 Å². The second kappa shape index (κ2) is 5.21. The summed E-state index contributed by atoms with van der Waals surface area (Å²) in [5.74, 6) is 0. The van der Waals surface area contributed by atoms with Crippen molar-refractivity contribution in [2.75, 3.05) is 6.54 Å². The predicted octanol–water partition coefficient (Wildman–Crippen LogP) is 1.54. The Balaban J connectivity index is 2.41. The molecule has 0 bridgehead atoms. The second-order valence-electron chi connectivity index (χ2n) is 2.80. The zero-order valence-electron chi connectivity index (χ0n) is 8.44. The van der Waals surface area contributed by atoms with Crippen molar-refractivity contribution in [3.05, 3.63) is 0 Å². The number of carbonyl (C=O) groups is 1. The fourth-order valence-corrected chi connectivity index (χ4v) is 1.89. The van der Waals surface area contributed by atoms with E-state index in [9.17, 15) is 4.79 Å². The molecule has 1 fully saturated rings. The van der Waals surface area contributed by atoms with Crippen LogP contribution in [0.15, 0.2) is 5.16 Å². The first-order valence-corrected chi connectivity index (χ1v) is 5.36. The van der Waals surface area contributed by atoms with Crippen molar-refractivity contribution in [3.63, 3.8) is 0 Å². The molecule has 2 atom stereocenters. The van der Waals surface area contributed by atoms with E-state index in [0.29, 0.717) is 11.6 Å². The van der Waals surface area contributed by atoms with Crippen molar-refractivity contribution in [1.82, 2.24) is 5.32 Å². The highest BCUT2D eigenvalue weighted by Crippen LogP contribution is 2.27. The van der Waals surface area contributed by atoms with Crippen LogP contribution in [0.5, 0.6) is 0 Å². The Morgan fingerprint density at radius 3 is 2.93 bits per heavy atom. The van der Waals surface area contributed by atoms with Gasteiger partial charge in [-0.3, -0.25) is 4.84 Å². The molecule has 0 radical (unpaired) electrons. The fourth-order valence-electron chi connectivity index (χ4n) is 0.998. The molecule has 1 aliphatic rings. The summed E-state index contributed by atoms with van der Waals surface area (Å²) in [4.78, 5) is 15.5. The van der Waals surface area contributed by atoms with Gasteiger partial charge in [-0.25, -0.2) is 4.79 Å². The third-order valence-electron chi connectivity index (χ3n) is 1.57. The molecule has 0 aromatic rings. The smallest absolute Gasteiger partial charge is 0.358 e. The molecule has 0 saturated carbocycles. The van der Waals surface area contributed by atoms with Crippen LogP contribution in [0.2, 0.25) is 0 Å². The summed E-state index contributed by atoms with van der Waals surface area (Å²) < 4.78 is 5.39. The number of nitrogens with zero attached hydrogens (tertiary/aromatic N) is 1. The number of ether oxygens (including phenoxy) is 1. The van der Waals surface area contributed by atoms with Crippen molar-refractivity contribution in [1.29, 1.82) is 0 Å². The minimum absolute atomic E-state index is 0.0709. The van der Waals surface area contributed by atoms with Gasteiger partial charge in [-0.15, -0.1) is 0 Å². The Kier molecular flexibility index (Phi) is 4.21. The van der Waals surface area contributed by atoms with E-state index >= 15 is 0 Å². The number of hydrogen-bond donors (Lipinski definition) is 1. The van der Waals surface area contributed by atoms with E-state index < -0.39 is 6.09 Å². The van der Waals surface area contributed by atoms with Gasteiger partial charge >= 0.3 is 6.09 Å². The molecule has 14 heavy (non-hydrogen) atoms. The summed E-state index contributed by atoms with van der Waals surface area (Å²) in [5.41, 5.74) is 0.0709. The molecule has 1 N–H and O–H groups in total. The van der Waals surface area contributed by atoms with Gasteiger partial charge in [0.15, 0.2) is 0 Å². The van der Waals surface area contributed by atoms with E-state index in [-0.39, 0.29) is 11.5 Å². The number of hydrogen-bond acceptors (Lipinski definition) is 5. The quantitative estimate of drug-likeness (QED) is 0.564. The van der Waals surface area contributed by atoms with Gasteiger partial charge in [-0.1, -0.05) is 16.9 Å². The van der Waals surface area contributed by atoms with Gasteiger partial charge in [-0.05, 0) is 20.8 Å². The van der Waals surface area contributed by atoms with E-state index in [1.807, 2.05) is 20.8 Å². The third kappa shape index (κ3) is 3.19. The fraction of sp³-hybridized carbons (Fsp3) is 0.750. The lowest BCUT2D eigenvalue weighted by atomic mass is 10.4. The summed E-state index contributed by atoms with van der Waals surface area (Å²) >= 11 is 1.46. The number of oxime groups is 1. The maximum atomic E-state index is 10.9. The first-order valence-electron chi connectivity index (χ1n) is 4.48.